The molecule has 0 radical (unpaired) electrons. The lowest BCUT2D eigenvalue weighted by Gasteiger charge is -2.25. The maximum atomic E-state index is 12.7. The molecule has 0 aliphatic carbocycles. The highest BCUT2D eigenvalue weighted by Crippen LogP contribution is 2.31. The fraction of sp³-hybridized carbons (Fsp3) is 0.586. The zero-order valence-corrected chi connectivity index (χ0v) is 23.3. The van der Waals surface area contributed by atoms with Gasteiger partial charge in [0, 0.05) is 23.0 Å². The standard InChI is InChI=1S/C29H41NO8S/c1-2-3-4-8-23(32)19-9-11-21(12-10-19)30-20(13-16-27(30)35)6-5-7-22-14-15-26(39-22)29(37)38-18-25(34)28(36)24(33)17-31/h9-12,14-15,20,23-25,28,31-34,36H,2-8,13,16-18H2,1H3/t20-,23-,24-,25-,28+/m0/s1. The van der Waals surface area contributed by atoms with Crippen LogP contribution in [0.5, 0.6) is 0 Å². The Kier molecular flexibility index (Phi) is 12.4. The summed E-state index contributed by atoms with van der Waals surface area (Å²) in [6.07, 6.45) is 2.49. The number of unbranched alkanes of at least 4 members (excludes halogenated alkanes) is 2. The van der Waals surface area contributed by atoms with Gasteiger partial charge in [-0.15, -0.1) is 11.3 Å². The predicted octanol–water partition coefficient (Wildman–Crippen LogP) is 3.11. The molecule has 10 heteroatoms. The van der Waals surface area contributed by atoms with Gasteiger partial charge in [-0.3, -0.25) is 4.79 Å². The topological polar surface area (TPSA) is 148 Å². The minimum Gasteiger partial charge on any atom is -0.459 e. The maximum Gasteiger partial charge on any atom is 0.348 e. The molecule has 0 unspecified atom stereocenters. The molecule has 1 fully saturated rings. The number of nitrogens with zero attached hydrogens (tertiary/aromatic N) is 1. The van der Waals surface area contributed by atoms with Crippen LogP contribution < -0.4 is 4.90 Å². The molecule has 0 spiro atoms. The number of esters is 1. The maximum absolute atomic E-state index is 12.7. The van der Waals surface area contributed by atoms with Gasteiger partial charge in [0.05, 0.1) is 12.7 Å². The molecule has 216 valence electrons. The highest BCUT2D eigenvalue weighted by atomic mass is 32.1. The molecule has 39 heavy (non-hydrogen) atoms. The van der Waals surface area contributed by atoms with Gasteiger partial charge < -0.3 is 35.2 Å². The molecule has 1 amide bonds. The molecule has 2 aromatic rings. The van der Waals surface area contributed by atoms with Crippen molar-refractivity contribution in [3.8, 4) is 0 Å². The van der Waals surface area contributed by atoms with Crippen molar-refractivity contribution >= 4 is 28.9 Å². The van der Waals surface area contributed by atoms with E-state index in [0.29, 0.717) is 11.3 Å². The number of hydrogen-bond acceptors (Lipinski definition) is 9. The number of ether oxygens (including phenoxy) is 1. The lowest BCUT2D eigenvalue weighted by atomic mass is 10.0. The van der Waals surface area contributed by atoms with Crippen molar-refractivity contribution in [1.82, 2.24) is 0 Å². The zero-order valence-electron chi connectivity index (χ0n) is 22.4. The van der Waals surface area contributed by atoms with Crippen molar-refractivity contribution in [2.24, 2.45) is 0 Å². The first-order valence-corrected chi connectivity index (χ1v) is 14.6. The highest BCUT2D eigenvalue weighted by Gasteiger charge is 2.32. The molecule has 5 atom stereocenters. The lowest BCUT2D eigenvalue weighted by molar-refractivity contribution is -0.117. The summed E-state index contributed by atoms with van der Waals surface area (Å²) in [5, 5.41) is 48.1. The number of carbonyl (C=O) groups is 2. The van der Waals surface area contributed by atoms with Gasteiger partial charge in [0.25, 0.3) is 0 Å². The van der Waals surface area contributed by atoms with Crippen LogP contribution in [0.2, 0.25) is 0 Å². The Bertz CT molecular complexity index is 1040. The van der Waals surface area contributed by atoms with E-state index in [-0.39, 0.29) is 11.9 Å². The number of hydrogen-bond donors (Lipinski definition) is 5. The number of aryl methyl sites for hydroxylation is 1. The normalized spacial score (nSPS) is 18.7. The summed E-state index contributed by atoms with van der Waals surface area (Å²) in [6.45, 7) is 0.912. The third-order valence-electron chi connectivity index (χ3n) is 7.15. The molecule has 1 aliphatic heterocycles. The van der Waals surface area contributed by atoms with E-state index in [0.717, 1.165) is 67.5 Å². The molecule has 0 bridgehead atoms. The molecular formula is C29H41NO8S. The van der Waals surface area contributed by atoms with E-state index in [9.17, 15) is 30.0 Å². The molecular weight excluding hydrogens is 522 g/mol. The number of rotatable bonds is 16. The molecule has 1 aromatic carbocycles. The summed E-state index contributed by atoms with van der Waals surface area (Å²) in [6, 6.07) is 11.3. The Morgan fingerprint density at radius 3 is 2.49 bits per heavy atom. The van der Waals surface area contributed by atoms with Gasteiger partial charge in [0.1, 0.15) is 29.8 Å². The first-order valence-electron chi connectivity index (χ1n) is 13.8. The SMILES string of the molecule is CCCCC[C@H](O)c1ccc(N2C(=O)CC[C@@H]2CCCc2ccc(C(=O)OC[C@H](O)[C@H](O)[C@@H](O)CO)s2)cc1. The Balaban J connectivity index is 1.48. The quantitative estimate of drug-likeness (QED) is 0.155. The van der Waals surface area contributed by atoms with Gasteiger partial charge in [-0.1, -0.05) is 38.3 Å². The minimum atomic E-state index is -1.62. The van der Waals surface area contributed by atoms with E-state index in [1.54, 1.807) is 6.07 Å². The zero-order chi connectivity index (χ0) is 28.4. The number of carbonyl (C=O) groups excluding carboxylic acids is 2. The third-order valence-corrected chi connectivity index (χ3v) is 8.27. The molecule has 1 aromatic heterocycles. The fourth-order valence-corrected chi connectivity index (χ4v) is 5.76. The lowest BCUT2D eigenvalue weighted by Crippen LogP contribution is -2.42. The average Bonchev–Trinajstić information content (AvgIpc) is 3.57. The second-order valence-electron chi connectivity index (χ2n) is 10.1. The number of benzene rings is 1. The van der Waals surface area contributed by atoms with Crippen LogP contribution in [-0.4, -0.2) is 75.0 Å². The van der Waals surface area contributed by atoms with Crippen LogP contribution in [0, 0.1) is 0 Å². The third kappa shape index (κ3) is 8.83. The van der Waals surface area contributed by atoms with E-state index in [1.165, 1.54) is 11.3 Å². The fourth-order valence-electron chi connectivity index (χ4n) is 4.81. The van der Waals surface area contributed by atoms with Crippen molar-refractivity contribution in [3.63, 3.8) is 0 Å². The van der Waals surface area contributed by atoms with E-state index < -0.39 is 43.6 Å². The van der Waals surface area contributed by atoms with Crippen LogP contribution >= 0.6 is 11.3 Å². The van der Waals surface area contributed by atoms with Gasteiger partial charge in [0.2, 0.25) is 5.91 Å². The number of anilines is 1. The summed E-state index contributed by atoms with van der Waals surface area (Å²) in [7, 11) is 0. The smallest absolute Gasteiger partial charge is 0.348 e. The molecule has 9 nitrogen and oxygen atoms in total. The van der Waals surface area contributed by atoms with Gasteiger partial charge >= 0.3 is 5.97 Å². The average molecular weight is 564 g/mol. The number of thiophene rings is 1. The molecule has 1 saturated heterocycles. The minimum absolute atomic E-state index is 0.101. The molecule has 0 saturated carbocycles. The van der Waals surface area contributed by atoms with Crippen molar-refractivity contribution in [2.45, 2.75) is 95.2 Å². The number of amides is 1. The Hall–Kier alpha value is -2.34. The molecule has 5 N–H and O–H groups in total. The Labute approximate surface area is 233 Å². The van der Waals surface area contributed by atoms with E-state index >= 15 is 0 Å². The summed E-state index contributed by atoms with van der Waals surface area (Å²) < 4.78 is 5.04. The van der Waals surface area contributed by atoms with Crippen LogP contribution in [0.3, 0.4) is 0 Å². The van der Waals surface area contributed by atoms with Crippen molar-refractivity contribution < 1.29 is 39.9 Å². The number of aliphatic hydroxyl groups excluding tert-OH is 5. The summed E-state index contributed by atoms with van der Waals surface area (Å²) in [4.78, 5) is 28.2. The monoisotopic (exact) mass is 563 g/mol. The first kappa shape index (κ1) is 31.2. The predicted molar refractivity (Wildman–Crippen MR) is 149 cm³/mol. The van der Waals surface area contributed by atoms with Crippen LogP contribution in [-0.2, 0) is 16.0 Å². The molecule has 1 aliphatic rings. The molecule has 3 rings (SSSR count). The van der Waals surface area contributed by atoms with Gasteiger partial charge in [-0.25, -0.2) is 4.79 Å². The largest absolute Gasteiger partial charge is 0.459 e. The van der Waals surface area contributed by atoms with Gasteiger partial charge in [0.15, 0.2) is 0 Å². The summed E-state index contributed by atoms with van der Waals surface area (Å²) in [5.74, 6) is -0.529. The highest BCUT2D eigenvalue weighted by molar-refractivity contribution is 7.13. The Morgan fingerprint density at radius 2 is 1.79 bits per heavy atom. The van der Waals surface area contributed by atoms with E-state index in [4.69, 9.17) is 9.84 Å². The first-order chi connectivity index (χ1) is 18.7. The summed E-state index contributed by atoms with van der Waals surface area (Å²) in [5.41, 5.74) is 1.73. The van der Waals surface area contributed by atoms with Crippen molar-refractivity contribution in [2.75, 3.05) is 18.1 Å². The van der Waals surface area contributed by atoms with E-state index in [2.05, 4.69) is 6.92 Å². The van der Waals surface area contributed by atoms with Crippen LogP contribution in [0.25, 0.3) is 0 Å². The van der Waals surface area contributed by atoms with Crippen LogP contribution in [0.1, 0.15) is 84.5 Å². The van der Waals surface area contributed by atoms with Crippen molar-refractivity contribution in [3.05, 3.63) is 51.7 Å². The van der Waals surface area contributed by atoms with Crippen LogP contribution in [0.4, 0.5) is 5.69 Å². The second-order valence-corrected chi connectivity index (χ2v) is 11.3. The van der Waals surface area contributed by atoms with E-state index in [1.807, 2.05) is 35.2 Å². The number of aliphatic hydroxyl groups is 5. The second kappa shape index (κ2) is 15.4. The van der Waals surface area contributed by atoms with Gasteiger partial charge in [-0.2, -0.15) is 0 Å². The van der Waals surface area contributed by atoms with Crippen LogP contribution in [0.15, 0.2) is 36.4 Å². The van der Waals surface area contributed by atoms with Crippen molar-refractivity contribution in [1.29, 1.82) is 0 Å². The summed E-state index contributed by atoms with van der Waals surface area (Å²) >= 11 is 1.29. The molecule has 2 heterocycles. The van der Waals surface area contributed by atoms with Gasteiger partial charge in [-0.05, 0) is 61.9 Å². The Morgan fingerprint density at radius 1 is 1.05 bits per heavy atom.